The summed E-state index contributed by atoms with van der Waals surface area (Å²) in [4.78, 5) is 1.17. The van der Waals surface area contributed by atoms with Crippen LogP contribution in [-0.2, 0) is 13.0 Å². The van der Waals surface area contributed by atoms with E-state index in [0.717, 1.165) is 12.0 Å². The van der Waals surface area contributed by atoms with Crippen molar-refractivity contribution in [3.05, 3.63) is 57.5 Å². The van der Waals surface area contributed by atoms with Crippen LogP contribution >= 0.6 is 11.3 Å². The lowest BCUT2D eigenvalue weighted by Gasteiger charge is -1.98. The lowest BCUT2D eigenvalue weighted by molar-refractivity contribution is 0.626. The fourth-order valence-corrected chi connectivity index (χ4v) is 2.28. The Balaban J connectivity index is 2.14. The van der Waals surface area contributed by atoms with Crippen LogP contribution in [-0.4, -0.2) is 0 Å². The summed E-state index contributed by atoms with van der Waals surface area (Å²) in [6, 6.07) is 8.78. The second-order valence-electron chi connectivity index (χ2n) is 3.43. The molecule has 15 heavy (non-hydrogen) atoms. The van der Waals surface area contributed by atoms with Crippen LogP contribution < -0.4 is 5.73 Å². The van der Waals surface area contributed by atoms with E-state index in [9.17, 15) is 4.39 Å². The van der Waals surface area contributed by atoms with Gasteiger partial charge in [-0.1, -0.05) is 12.1 Å². The van der Waals surface area contributed by atoms with Gasteiger partial charge in [-0.3, -0.25) is 0 Å². The van der Waals surface area contributed by atoms with Crippen molar-refractivity contribution in [3.8, 4) is 0 Å². The molecule has 0 aliphatic heterocycles. The minimum Gasteiger partial charge on any atom is -0.326 e. The third-order valence-corrected chi connectivity index (χ3v) is 3.21. The molecule has 0 amide bonds. The highest BCUT2D eigenvalue weighted by Gasteiger charge is 2.01. The van der Waals surface area contributed by atoms with Crippen molar-refractivity contribution in [2.45, 2.75) is 13.0 Å². The fourth-order valence-electron chi connectivity index (χ4n) is 1.51. The van der Waals surface area contributed by atoms with E-state index >= 15 is 0 Å². The van der Waals surface area contributed by atoms with E-state index in [1.54, 1.807) is 23.5 Å². The molecule has 1 aromatic heterocycles. The zero-order valence-corrected chi connectivity index (χ0v) is 9.06. The summed E-state index contributed by atoms with van der Waals surface area (Å²) >= 11 is 1.65. The average Bonchev–Trinajstić information content (AvgIpc) is 2.65. The SMILES string of the molecule is NCc1cc(Cc2cccc(F)c2)cs1. The first-order valence-corrected chi connectivity index (χ1v) is 5.66. The number of rotatable bonds is 3. The molecule has 1 heterocycles. The van der Waals surface area contributed by atoms with Gasteiger partial charge in [-0.05, 0) is 41.1 Å². The van der Waals surface area contributed by atoms with E-state index < -0.39 is 0 Å². The summed E-state index contributed by atoms with van der Waals surface area (Å²) in [5.74, 6) is -0.179. The maximum Gasteiger partial charge on any atom is 0.123 e. The molecule has 0 bridgehead atoms. The van der Waals surface area contributed by atoms with Gasteiger partial charge in [0.1, 0.15) is 5.82 Å². The van der Waals surface area contributed by atoms with E-state index in [-0.39, 0.29) is 5.82 Å². The molecule has 2 aromatic rings. The van der Waals surface area contributed by atoms with Crippen LogP contribution in [0, 0.1) is 5.82 Å². The highest BCUT2D eigenvalue weighted by Crippen LogP contribution is 2.17. The number of benzene rings is 1. The van der Waals surface area contributed by atoms with Gasteiger partial charge in [0, 0.05) is 11.4 Å². The van der Waals surface area contributed by atoms with Crippen LogP contribution in [0.15, 0.2) is 35.7 Å². The first-order valence-electron chi connectivity index (χ1n) is 4.79. The maximum atomic E-state index is 12.9. The molecule has 78 valence electrons. The predicted molar refractivity (Wildman–Crippen MR) is 61.4 cm³/mol. The molecule has 2 rings (SSSR count). The Bertz CT molecular complexity index is 450. The number of hydrogen-bond acceptors (Lipinski definition) is 2. The van der Waals surface area contributed by atoms with Gasteiger partial charge in [0.05, 0.1) is 0 Å². The zero-order valence-electron chi connectivity index (χ0n) is 8.24. The van der Waals surface area contributed by atoms with Gasteiger partial charge in [0.15, 0.2) is 0 Å². The van der Waals surface area contributed by atoms with Crippen molar-refractivity contribution in [2.24, 2.45) is 5.73 Å². The monoisotopic (exact) mass is 221 g/mol. The lowest BCUT2D eigenvalue weighted by atomic mass is 10.1. The molecule has 0 aliphatic rings. The minimum atomic E-state index is -0.179. The topological polar surface area (TPSA) is 26.0 Å². The third-order valence-electron chi connectivity index (χ3n) is 2.21. The van der Waals surface area contributed by atoms with Crippen molar-refractivity contribution in [1.29, 1.82) is 0 Å². The number of halogens is 1. The number of nitrogens with two attached hydrogens (primary N) is 1. The molecular formula is C12H12FNS. The Labute approximate surface area is 92.4 Å². The number of thiophene rings is 1. The van der Waals surface area contributed by atoms with Crippen molar-refractivity contribution in [1.82, 2.24) is 0 Å². The van der Waals surface area contributed by atoms with Crippen LogP contribution in [0.2, 0.25) is 0 Å². The lowest BCUT2D eigenvalue weighted by Crippen LogP contribution is -1.92. The molecule has 0 spiro atoms. The summed E-state index contributed by atoms with van der Waals surface area (Å²) in [7, 11) is 0. The first-order chi connectivity index (χ1) is 7.28. The summed E-state index contributed by atoms with van der Waals surface area (Å²) in [6.45, 7) is 0.577. The molecule has 3 heteroatoms. The standard InChI is InChI=1S/C12H12FNS/c13-11-3-1-2-9(5-11)4-10-6-12(7-14)15-8-10/h1-3,5-6,8H,4,7,14H2. The Hall–Kier alpha value is -1.19. The molecule has 0 atom stereocenters. The molecule has 0 radical (unpaired) electrons. The van der Waals surface area contributed by atoms with Crippen LogP contribution in [0.4, 0.5) is 4.39 Å². The molecule has 0 aliphatic carbocycles. The van der Waals surface area contributed by atoms with E-state index in [2.05, 4.69) is 11.4 Å². The fraction of sp³-hybridized carbons (Fsp3) is 0.167. The molecular weight excluding hydrogens is 209 g/mol. The van der Waals surface area contributed by atoms with Crippen molar-refractivity contribution < 1.29 is 4.39 Å². The van der Waals surface area contributed by atoms with Gasteiger partial charge in [0.2, 0.25) is 0 Å². The highest BCUT2D eigenvalue weighted by atomic mass is 32.1. The van der Waals surface area contributed by atoms with Crippen molar-refractivity contribution in [2.75, 3.05) is 0 Å². The van der Waals surface area contributed by atoms with Gasteiger partial charge in [-0.25, -0.2) is 4.39 Å². The molecule has 1 nitrogen and oxygen atoms in total. The smallest absolute Gasteiger partial charge is 0.123 e. The minimum absolute atomic E-state index is 0.179. The average molecular weight is 221 g/mol. The first kappa shape index (κ1) is 10.3. The molecule has 1 aromatic carbocycles. The quantitative estimate of drug-likeness (QED) is 0.847. The van der Waals surface area contributed by atoms with Gasteiger partial charge in [0.25, 0.3) is 0 Å². The normalized spacial score (nSPS) is 10.5. The van der Waals surface area contributed by atoms with Crippen molar-refractivity contribution in [3.63, 3.8) is 0 Å². The Morgan fingerprint density at radius 2 is 2.07 bits per heavy atom. The Morgan fingerprint density at radius 3 is 2.73 bits per heavy atom. The molecule has 2 N–H and O–H groups in total. The molecule has 0 saturated heterocycles. The number of hydrogen-bond donors (Lipinski definition) is 1. The van der Waals surface area contributed by atoms with E-state index in [0.29, 0.717) is 6.54 Å². The molecule has 0 unspecified atom stereocenters. The summed E-state index contributed by atoms with van der Waals surface area (Å²) in [5, 5.41) is 2.08. The van der Waals surface area contributed by atoms with Gasteiger partial charge < -0.3 is 5.73 Å². The molecule has 0 fully saturated rings. The van der Waals surface area contributed by atoms with E-state index in [4.69, 9.17) is 5.73 Å². The van der Waals surface area contributed by atoms with Crippen LogP contribution in [0.25, 0.3) is 0 Å². The maximum absolute atomic E-state index is 12.9. The van der Waals surface area contributed by atoms with E-state index in [1.807, 2.05) is 6.07 Å². The largest absolute Gasteiger partial charge is 0.326 e. The van der Waals surface area contributed by atoms with Crippen LogP contribution in [0.1, 0.15) is 16.0 Å². The van der Waals surface area contributed by atoms with Crippen LogP contribution in [0.5, 0.6) is 0 Å². The van der Waals surface area contributed by atoms with Gasteiger partial charge in [-0.2, -0.15) is 0 Å². The van der Waals surface area contributed by atoms with Crippen LogP contribution in [0.3, 0.4) is 0 Å². The van der Waals surface area contributed by atoms with Gasteiger partial charge >= 0.3 is 0 Å². The summed E-state index contributed by atoms with van der Waals surface area (Å²) in [5.41, 5.74) is 7.73. The predicted octanol–water partition coefficient (Wildman–Crippen LogP) is 2.94. The second kappa shape index (κ2) is 4.55. The zero-order chi connectivity index (χ0) is 10.7. The summed E-state index contributed by atoms with van der Waals surface area (Å²) < 4.78 is 12.9. The van der Waals surface area contributed by atoms with Gasteiger partial charge in [-0.15, -0.1) is 11.3 Å². The molecule has 0 saturated carbocycles. The van der Waals surface area contributed by atoms with E-state index in [1.165, 1.54) is 16.5 Å². The highest BCUT2D eigenvalue weighted by molar-refractivity contribution is 7.10. The Kier molecular flexibility index (Phi) is 3.14. The second-order valence-corrected chi connectivity index (χ2v) is 4.43. The Morgan fingerprint density at radius 1 is 1.20 bits per heavy atom. The van der Waals surface area contributed by atoms with Crippen molar-refractivity contribution >= 4 is 11.3 Å². The summed E-state index contributed by atoms with van der Waals surface area (Å²) in [6.07, 6.45) is 0.772. The third kappa shape index (κ3) is 2.64.